The van der Waals surface area contributed by atoms with Crippen molar-refractivity contribution >= 4 is 16.8 Å². The lowest BCUT2D eigenvalue weighted by molar-refractivity contribution is -0.132. The van der Waals surface area contributed by atoms with Crippen molar-refractivity contribution in [1.29, 1.82) is 0 Å². The van der Waals surface area contributed by atoms with Crippen LogP contribution in [0.3, 0.4) is 0 Å². The maximum Gasteiger partial charge on any atom is 0.261 e. The number of para-hydroxylation sites is 1. The second-order valence-corrected chi connectivity index (χ2v) is 6.46. The molecule has 2 aliphatic rings. The molecule has 1 aromatic carbocycles. The third-order valence-corrected chi connectivity index (χ3v) is 4.91. The van der Waals surface area contributed by atoms with Gasteiger partial charge in [-0.25, -0.2) is 4.98 Å². The Bertz CT molecular complexity index is 801. The molecule has 6 heteroatoms. The van der Waals surface area contributed by atoms with E-state index >= 15 is 0 Å². The number of carbonyl (C=O) groups excluding carboxylic acids is 1. The third kappa shape index (κ3) is 2.74. The maximum atomic E-state index is 12.6. The lowest BCUT2D eigenvalue weighted by Gasteiger charge is -2.24. The van der Waals surface area contributed by atoms with Crippen molar-refractivity contribution in [3.05, 3.63) is 40.9 Å². The maximum absolute atomic E-state index is 12.6. The summed E-state index contributed by atoms with van der Waals surface area (Å²) in [5, 5.41) is 4.12. The molecule has 2 aromatic rings. The van der Waals surface area contributed by atoms with E-state index in [4.69, 9.17) is 0 Å². The highest BCUT2D eigenvalue weighted by Crippen LogP contribution is 2.20. The van der Waals surface area contributed by atoms with Gasteiger partial charge >= 0.3 is 0 Å². The smallest absolute Gasteiger partial charge is 0.261 e. The van der Waals surface area contributed by atoms with Gasteiger partial charge in [-0.2, -0.15) is 0 Å². The molecular formula is C17H20N4O2. The normalized spacial score (nSPS) is 23.9. The predicted octanol–water partition coefficient (Wildman–Crippen LogP) is 0.749. The minimum Gasteiger partial charge on any atom is -0.340 e. The van der Waals surface area contributed by atoms with Gasteiger partial charge in [-0.3, -0.25) is 14.2 Å². The second kappa shape index (κ2) is 5.77. The molecule has 4 rings (SSSR count). The van der Waals surface area contributed by atoms with Gasteiger partial charge in [0.2, 0.25) is 5.91 Å². The van der Waals surface area contributed by atoms with Crippen molar-refractivity contribution in [2.75, 3.05) is 13.1 Å². The highest BCUT2D eigenvalue weighted by molar-refractivity contribution is 5.79. The number of nitrogens with zero attached hydrogens (tertiary/aromatic N) is 3. The van der Waals surface area contributed by atoms with Crippen LogP contribution in [0.4, 0.5) is 0 Å². The number of hydrogen-bond acceptors (Lipinski definition) is 4. The molecule has 2 saturated heterocycles. The molecule has 0 radical (unpaired) electrons. The van der Waals surface area contributed by atoms with E-state index in [0.29, 0.717) is 23.0 Å². The average Bonchev–Trinajstić information content (AvgIpc) is 2.89. The largest absolute Gasteiger partial charge is 0.340 e. The average molecular weight is 312 g/mol. The van der Waals surface area contributed by atoms with E-state index in [1.807, 2.05) is 17.0 Å². The van der Waals surface area contributed by atoms with Gasteiger partial charge in [0, 0.05) is 25.2 Å². The molecule has 1 amide bonds. The summed E-state index contributed by atoms with van der Waals surface area (Å²) in [7, 11) is 0. The molecule has 23 heavy (non-hydrogen) atoms. The summed E-state index contributed by atoms with van der Waals surface area (Å²) in [6, 6.07) is 8.17. The summed E-state index contributed by atoms with van der Waals surface area (Å²) in [6.45, 7) is 1.57. The SMILES string of the molecule is O=C(Cn1cnc2ccccc2c1=O)N1CCC2CCC(C1)N2. The van der Waals surface area contributed by atoms with Gasteiger partial charge in [-0.1, -0.05) is 12.1 Å². The monoisotopic (exact) mass is 312 g/mol. The number of aromatic nitrogens is 2. The molecule has 0 spiro atoms. The first-order valence-corrected chi connectivity index (χ1v) is 8.19. The van der Waals surface area contributed by atoms with E-state index in [9.17, 15) is 9.59 Å². The first-order valence-electron chi connectivity index (χ1n) is 8.19. The van der Waals surface area contributed by atoms with Gasteiger partial charge in [0.1, 0.15) is 6.54 Å². The Morgan fingerprint density at radius 3 is 2.96 bits per heavy atom. The number of amides is 1. The van der Waals surface area contributed by atoms with E-state index in [1.54, 1.807) is 12.1 Å². The van der Waals surface area contributed by atoms with Crippen molar-refractivity contribution in [1.82, 2.24) is 19.8 Å². The van der Waals surface area contributed by atoms with Crippen molar-refractivity contribution in [2.45, 2.75) is 37.9 Å². The zero-order valence-corrected chi connectivity index (χ0v) is 12.9. The topological polar surface area (TPSA) is 67.2 Å². The van der Waals surface area contributed by atoms with Crippen LogP contribution >= 0.6 is 0 Å². The van der Waals surface area contributed by atoms with E-state index in [-0.39, 0.29) is 18.0 Å². The van der Waals surface area contributed by atoms with Crippen LogP contribution in [0.1, 0.15) is 19.3 Å². The Kier molecular flexibility index (Phi) is 3.61. The van der Waals surface area contributed by atoms with Crippen molar-refractivity contribution < 1.29 is 4.79 Å². The summed E-state index contributed by atoms with van der Waals surface area (Å²) >= 11 is 0. The van der Waals surface area contributed by atoms with Gasteiger partial charge in [0.15, 0.2) is 0 Å². The molecule has 0 aliphatic carbocycles. The molecular weight excluding hydrogens is 292 g/mol. The van der Waals surface area contributed by atoms with E-state index in [0.717, 1.165) is 25.9 Å². The Hall–Kier alpha value is -2.21. The Morgan fingerprint density at radius 2 is 2.04 bits per heavy atom. The number of benzene rings is 1. The number of carbonyl (C=O) groups is 1. The quantitative estimate of drug-likeness (QED) is 0.888. The van der Waals surface area contributed by atoms with Crippen LogP contribution in [0.2, 0.25) is 0 Å². The van der Waals surface area contributed by atoms with Crippen molar-refractivity contribution in [3.63, 3.8) is 0 Å². The summed E-state index contributed by atoms with van der Waals surface area (Å²) in [6.07, 6.45) is 4.81. The number of nitrogens with one attached hydrogen (secondary N) is 1. The summed E-state index contributed by atoms with van der Waals surface area (Å²) < 4.78 is 1.42. The minimum atomic E-state index is -0.154. The fourth-order valence-corrected chi connectivity index (χ4v) is 3.63. The number of rotatable bonds is 2. The molecule has 2 bridgehead atoms. The zero-order valence-electron chi connectivity index (χ0n) is 12.9. The van der Waals surface area contributed by atoms with Gasteiger partial charge < -0.3 is 10.2 Å². The van der Waals surface area contributed by atoms with Crippen LogP contribution in [0.5, 0.6) is 0 Å². The zero-order chi connectivity index (χ0) is 15.8. The summed E-state index contributed by atoms with van der Waals surface area (Å²) in [5.74, 6) is -0.00136. The standard InChI is InChI=1S/C17H20N4O2/c22-16(20-8-7-12-5-6-13(9-20)19-12)10-21-11-18-15-4-2-1-3-14(15)17(21)23/h1-4,11-13,19H,5-10H2. The first-order chi connectivity index (χ1) is 11.2. The van der Waals surface area contributed by atoms with Crippen LogP contribution in [0.25, 0.3) is 10.9 Å². The molecule has 2 fully saturated rings. The fraction of sp³-hybridized carbons (Fsp3) is 0.471. The van der Waals surface area contributed by atoms with Gasteiger partial charge in [0.05, 0.1) is 17.2 Å². The molecule has 3 heterocycles. The highest BCUT2D eigenvalue weighted by Gasteiger charge is 2.31. The Balaban J connectivity index is 1.54. The van der Waals surface area contributed by atoms with Crippen molar-refractivity contribution in [2.24, 2.45) is 0 Å². The van der Waals surface area contributed by atoms with Crippen LogP contribution in [0.15, 0.2) is 35.4 Å². The first kappa shape index (κ1) is 14.4. The fourth-order valence-electron chi connectivity index (χ4n) is 3.63. The molecule has 1 N–H and O–H groups in total. The molecule has 2 aliphatic heterocycles. The lowest BCUT2D eigenvalue weighted by atomic mass is 10.1. The molecule has 0 saturated carbocycles. The predicted molar refractivity (Wildman–Crippen MR) is 87.1 cm³/mol. The second-order valence-electron chi connectivity index (χ2n) is 6.46. The molecule has 2 atom stereocenters. The van der Waals surface area contributed by atoms with Gasteiger partial charge in [-0.05, 0) is 31.4 Å². The third-order valence-electron chi connectivity index (χ3n) is 4.91. The number of likely N-dealkylation sites (tertiary alicyclic amines) is 1. The molecule has 1 aromatic heterocycles. The van der Waals surface area contributed by atoms with Crippen molar-refractivity contribution in [3.8, 4) is 0 Å². The Morgan fingerprint density at radius 1 is 1.22 bits per heavy atom. The van der Waals surface area contributed by atoms with E-state index < -0.39 is 0 Å². The van der Waals surface area contributed by atoms with E-state index in [2.05, 4.69) is 10.3 Å². The van der Waals surface area contributed by atoms with Crippen LogP contribution < -0.4 is 10.9 Å². The van der Waals surface area contributed by atoms with E-state index in [1.165, 1.54) is 17.3 Å². The molecule has 120 valence electrons. The van der Waals surface area contributed by atoms with Gasteiger partial charge in [0.25, 0.3) is 5.56 Å². The minimum absolute atomic E-state index is 0.00136. The number of hydrogen-bond donors (Lipinski definition) is 1. The summed E-state index contributed by atoms with van der Waals surface area (Å²) in [4.78, 5) is 31.2. The lowest BCUT2D eigenvalue weighted by Crippen LogP contribution is -2.41. The van der Waals surface area contributed by atoms with Crippen LogP contribution in [-0.4, -0.2) is 45.5 Å². The Labute approximate surface area is 134 Å². The van der Waals surface area contributed by atoms with Gasteiger partial charge in [-0.15, -0.1) is 0 Å². The molecule has 2 unspecified atom stereocenters. The number of fused-ring (bicyclic) bond motifs is 3. The summed E-state index contributed by atoms with van der Waals surface area (Å²) in [5.41, 5.74) is 0.510. The highest BCUT2D eigenvalue weighted by atomic mass is 16.2. The molecule has 6 nitrogen and oxygen atoms in total. The van der Waals surface area contributed by atoms with Crippen LogP contribution in [0, 0.1) is 0 Å². The van der Waals surface area contributed by atoms with Crippen LogP contribution in [-0.2, 0) is 11.3 Å².